The maximum Gasteiger partial charge on any atom is 0.222 e. The van der Waals surface area contributed by atoms with Crippen LogP contribution in [0.2, 0.25) is 0 Å². The summed E-state index contributed by atoms with van der Waals surface area (Å²) in [6.07, 6.45) is 6.19. The Labute approximate surface area is 174 Å². The van der Waals surface area contributed by atoms with Gasteiger partial charge in [-0.05, 0) is 44.0 Å². The number of likely N-dealkylation sites (tertiary alicyclic amines) is 1. The van der Waals surface area contributed by atoms with Crippen molar-refractivity contribution in [2.24, 2.45) is 5.92 Å². The van der Waals surface area contributed by atoms with Gasteiger partial charge in [-0.25, -0.2) is 0 Å². The van der Waals surface area contributed by atoms with Crippen LogP contribution in [0.4, 0.5) is 0 Å². The van der Waals surface area contributed by atoms with E-state index in [9.17, 15) is 9.59 Å². The lowest BCUT2D eigenvalue weighted by molar-refractivity contribution is -0.135. The number of pyridine rings is 1. The molecule has 0 aromatic carbocycles. The Morgan fingerprint density at radius 3 is 2.48 bits per heavy atom. The zero-order valence-electron chi connectivity index (χ0n) is 18.1. The number of nitrogens with zero attached hydrogens (tertiary/aromatic N) is 4. The van der Waals surface area contributed by atoms with Crippen LogP contribution in [-0.2, 0) is 9.59 Å². The molecule has 0 spiro atoms. The number of aromatic nitrogens is 1. The van der Waals surface area contributed by atoms with E-state index in [4.69, 9.17) is 5.11 Å². The van der Waals surface area contributed by atoms with Crippen molar-refractivity contribution in [3.63, 3.8) is 0 Å². The van der Waals surface area contributed by atoms with E-state index < -0.39 is 0 Å². The van der Waals surface area contributed by atoms with E-state index >= 15 is 0 Å². The fraction of sp³-hybridized carbons (Fsp3) is 0.682. The molecular weight excluding hydrogens is 368 g/mol. The summed E-state index contributed by atoms with van der Waals surface area (Å²) in [7, 11) is 2.13. The van der Waals surface area contributed by atoms with Gasteiger partial charge in [-0.2, -0.15) is 0 Å². The van der Waals surface area contributed by atoms with Crippen LogP contribution in [0, 0.1) is 5.92 Å². The Morgan fingerprint density at radius 1 is 1.17 bits per heavy atom. The van der Waals surface area contributed by atoms with Crippen molar-refractivity contribution in [3.05, 3.63) is 30.1 Å². The predicted octanol–water partition coefficient (Wildman–Crippen LogP) is 1.93. The lowest BCUT2D eigenvalue weighted by Gasteiger charge is -2.32. The lowest BCUT2D eigenvalue weighted by atomic mass is 9.94. The third kappa shape index (κ3) is 6.51. The van der Waals surface area contributed by atoms with E-state index in [-0.39, 0.29) is 24.5 Å². The van der Waals surface area contributed by atoms with E-state index in [1.54, 1.807) is 11.1 Å². The molecule has 1 N–H and O–H groups in total. The van der Waals surface area contributed by atoms with Gasteiger partial charge in [-0.1, -0.05) is 19.9 Å². The van der Waals surface area contributed by atoms with Crippen LogP contribution in [0.25, 0.3) is 0 Å². The molecule has 7 nitrogen and oxygen atoms in total. The summed E-state index contributed by atoms with van der Waals surface area (Å²) in [5, 5.41) is 9.11. The van der Waals surface area contributed by atoms with Gasteiger partial charge in [0.05, 0.1) is 0 Å². The van der Waals surface area contributed by atoms with E-state index in [2.05, 4.69) is 23.0 Å². The quantitative estimate of drug-likeness (QED) is 0.610. The van der Waals surface area contributed by atoms with Crippen molar-refractivity contribution in [3.8, 4) is 0 Å². The van der Waals surface area contributed by atoms with E-state index in [0.717, 1.165) is 13.0 Å². The Bertz CT molecular complexity index is 640. The molecule has 0 bridgehead atoms. The van der Waals surface area contributed by atoms with Crippen LogP contribution in [-0.4, -0.2) is 83.0 Å². The number of rotatable bonds is 11. The average Bonchev–Trinajstić information content (AvgIpc) is 3.12. The van der Waals surface area contributed by atoms with Crippen LogP contribution in [0.5, 0.6) is 0 Å². The van der Waals surface area contributed by atoms with Crippen LogP contribution in [0.3, 0.4) is 0 Å². The fourth-order valence-electron chi connectivity index (χ4n) is 4.21. The molecule has 1 aliphatic heterocycles. The van der Waals surface area contributed by atoms with Gasteiger partial charge in [0.25, 0.3) is 0 Å². The summed E-state index contributed by atoms with van der Waals surface area (Å²) in [5.41, 5.74) is 1.19. The second-order valence-electron chi connectivity index (χ2n) is 7.77. The van der Waals surface area contributed by atoms with Gasteiger partial charge < -0.3 is 14.9 Å². The van der Waals surface area contributed by atoms with Gasteiger partial charge in [-0.15, -0.1) is 0 Å². The molecule has 1 aliphatic rings. The molecule has 2 rings (SSSR count). The Hall–Kier alpha value is -1.99. The number of amides is 2. The molecule has 1 saturated heterocycles. The third-order valence-corrected chi connectivity index (χ3v) is 5.79. The van der Waals surface area contributed by atoms with Gasteiger partial charge in [0, 0.05) is 64.1 Å². The molecule has 1 aromatic heterocycles. The number of carbonyl (C=O) groups excluding carboxylic acids is 2. The van der Waals surface area contributed by atoms with Crippen molar-refractivity contribution < 1.29 is 14.7 Å². The Balaban J connectivity index is 2.07. The molecule has 2 amide bonds. The largest absolute Gasteiger partial charge is 0.396 e. The molecule has 1 fully saturated rings. The van der Waals surface area contributed by atoms with Gasteiger partial charge in [-0.3, -0.25) is 19.5 Å². The SMILES string of the molecule is CCC(=O)N(CCCO)CCN(CC1CCN(C)C1c1cccnc1)C(=O)CC. The topological polar surface area (TPSA) is 77.0 Å². The first-order valence-corrected chi connectivity index (χ1v) is 10.8. The zero-order chi connectivity index (χ0) is 21.2. The second kappa shape index (κ2) is 11.9. The molecule has 0 radical (unpaired) electrons. The maximum absolute atomic E-state index is 12.6. The van der Waals surface area contributed by atoms with E-state index in [1.807, 2.05) is 31.0 Å². The summed E-state index contributed by atoms with van der Waals surface area (Å²) in [5.74, 6) is 0.527. The van der Waals surface area contributed by atoms with Gasteiger partial charge >= 0.3 is 0 Å². The normalized spacial score (nSPS) is 19.3. The number of hydrogen-bond donors (Lipinski definition) is 1. The van der Waals surface area contributed by atoms with Crippen LogP contribution in [0.15, 0.2) is 24.5 Å². The lowest BCUT2D eigenvalue weighted by Crippen LogP contribution is -2.43. The molecule has 7 heteroatoms. The van der Waals surface area contributed by atoms with E-state index in [0.29, 0.717) is 51.4 Å². The van der Waals surface area contributed by atoms with Gasteiger partial charge in [0.15, 0.2) is 0 Å². The molecule has 0 aliphatic carbocycles. The average molecular weight is 405 g/mol. The highest BCUT2D eigenvalue weighted by molar-refractivity contribution is 5.77. The van der Waals surface area contributed by atoms with Crippen LogP contribution < -0.4 is 0 Å². The molecule has 0 saturated carbocycles. The Kier molecular flexibility index (Phi) is 9.54. The van der Waals surface area contributed by atoms with Crippen LogP contribution in [0.1, 0.15) is 51.1 Å². The fourth-order valence-corrected chi connectivity index (χ4v) is 4.21. The minimum Gasteiger partial charge on any atom is -0.396 e. The molecule has 162 valence electrons. The van der Waals surface area contributed by atoms with Crippen molar-refractivity contribution in [2.45, 2.75) is 45.6 Å². The van der Waals surface area contributed by atoms with Gasteiger partial charge in [0.1, 0.15) is 0 Å². The standard InChI is InChI=1S/C22H36N4O3/c1-4-20(28)25(11-7-15-27)13-14-26(21(29)5-2)17-19-9-12-24(3)22(19)18-8-6-10-23-16-18/h6,8,10,16,19,22,27H,4-5,7,9,11-15,17H2,1-3H3. The van der Waals surface area contributed by atoms with Crippen molar-refractivity contribution in [1.82, 2.24) is 19.7 Å². The highest BCUT2D eigenvalue weighted by Gasteiger charge is 2.35. The molecule has 29 heavy (non-hydrogen) atoms. The minimum atomic E-state index is 0.0618. The van der Waals surface area contributed by atoms with Crippen molar-refractivity contribution in [2.75, 3.05) is 46.4 Å². The first-order chi connectivity index (χ1) is 14.0. The summed E-state index contributed by atoms with van der Waals surface area (Å²) in [4.78, 5) is 35.2. The third-order valence-electron chi connectivity index (χ3n) is 5.79. The highest BCUT2D eigenvalue weighted by atomic mass is 16.3. The minimum absolute atomic E-state index is 0.0618. The van der Waals surface area contributed by atoms with Crippen molar-refractivity contribution in [1.29, 1.82) is 0 Å². The van der Waals surface area contributed by atoms with Gasteiger partial charge in [0.2, 0.25) is 11.8 Å². The zero-order valence-corrected chi connectivity index (χ0v) is 18.1. The smallest absolute Gasteiger partial charge is 0.222 e. The molecule has 1 aromatic rings. The summed E-state index contributed by atoms with van der Waals surface area (Å²) in [6.45, 7) is 7.04. The molecular formula is C22H36N4O3. The molecule has 2 unspecified atom stereocenters. The van der Waals surface area contributed by atoms with E-state index in [1.165, 1.54) is 5.56 Å². The molecule has 2 atom stereocenters. The number of aliphatic hydroxyl groups is 1. The number of hydrogen-bond acceptors (Lipinski definition) is 5. The first-order valence-electron chi connectivity index (χ1n) is 10.8. The first kappa shape index (κ1) is 23.3. The second-order valence-corrected chi connectivity index (χ2v) is 7.77. The van der Waals surface area contributed by atoms with Crippen molar-refractivity contribution >= 4 is 11.8 Å². The van der Waals surface area contributed by atoms with Crippen LogP contribution >= 0.6 is 0 Å². The summed E-state index contributed by atoms with van der Waals surface area (Å²) in [6, 6.07) is 4.32. The summed E-state index contributed by atoms with van der Waals surface area (Å²) < 4.78 is 0. The summed E-state index contributed by atoms with van der Waals surface area (Å²) >= 11 is 0. The number of aliphatic hydroxyl groups excluding tert-OH is 1. The maximum atomic E-state index is 12.6. The Morgan fingerprint density at radius 2 is 1.86 bits per heavy atom. The highest BCUT2D eigenvalue weighted by Crippen LogP contribution is 2.36. The predicted molar refractivity (Wildman–Crippen MR) is 113 cm³/mol. The molecule has 2 heterocycles. The monoisotopic (exact) mass is 404 g/mol. The number of carbonyl (C=O) groups is 2.